The molecule has 0 saturated carbocycles. The molecular weight excluding hydrogens is 278 g/mol. The molecule has 120 valence electrons. The fourth-order valence-corrected chi connectivity index (χ4v) is 2.43. The second-order valence-electron chi connectivity index (χ2n) is 5.47. The van der Waals surface area contributed by atoms with Gasteiger partial charge in [0.25, 0.3) is 0 Å². The van der Waals surface area contributed by atoms with Crippen LogP contribution in [0, 0.1) is 0 Å². The van der Waals surface area contributed by atoms with Gasteiger partial charge in [-0.25, -0.2) is 0 Å². The van der Waals surface area contributed by atoms with Crippen molar-refractivity contribution in [1.82, 2.24) is 4.90 Å². The molecule has 0 aliphatic rings. The van der Waals surface area contributed by atoms with Crippen LogP contribution >= 0.6 is 0 Å². The number of benzene rings is 1. The van der Waals surface area contributed by atoms with E-state index in [-0.39, 0.29) is 0 Å². The number of aliphatic hydroxyl groups is 1. The zero-order valence-corrected chi connectivity index (χ0v) is 13.1. The van der Waals surface area contributed by atoms with Crippen molar-refractivity contribution < 1.29 is 14.3 Å². The number of hydrogen-bond acceptors (Lipinski definition) is 4. The monoisotopic (exact) mass is 303 g/mol. The number of furan rings is 1. The molecule has 1 atom stereocenters. The van der Waals surface area contributed by atoms with Gasteiger partial charge in [0.05, 0.1) is 19.0 Å². The summed E-state index contributed by atoms with van der Waals surface area (Å²) in [6.45, 7) is 5.29. The summed E-state index contributed by atoms with van der Waals surface area (Å²) in [6, 6.07) is 14.0. The van der Waals surface area contributed by atoms with Gasteiger partial charge in [-0.05, 0) is 30.7 Å². The first-order valence-corrected chi connectivity index (χ1v) is 7.82. The Kier molecular flexibility index (Phi) is 7.16. The highest BCUT2D eigenvalue weighted by atomic mass is 16.5. The van der Waals surface area contributed by atoms with Crippen LogP contribution in [0.2, 0.25) is 0 Å². The van der Waals surface area contributed by atoms with Gasteiger partial charge in [-0.15, -0.1) is 0 Å². The Bertz CT molecular complexity index is 498. The molecule has 4 nitrogen and oxygen atoms in total. The average molecular weight is 303 g/mol. The fourth-order valence-electron chi connectivity index (χ4n) is 2.43. The molecule has 1 heterocycles. The van der Waals surface area contributed by atoms with Crippen LogP contribution in [0.1, 0.15) is 24.7 Å². The van der Waals surface area contributed by atoms with Crippen molar-refractivity contribution in [2.75, 3.05) is 19.7 Å². The summed E-state index contributed by atoms with van der Waals surface area (Å²) in [4.78, 5) is 2.26. The lowest BCUT2D eigenvalue weighted by Gasteiger charge is -2.24. The van der Waals surface area contributed by atoms with Crippen LogP contribution in [0.3, 0.4) is 0 Å². The summed E-state index contributed by atoms with van der Waals surface area (Å²) in [6.07, 6.45) is 2.19. The SMILES string of the molecule is CCCN(Cc1ccccc1)C[C@H](O)COCc1ccco1. The van der Waals surface area contributed by atoms with E-state index in [4.69, 9.17) is 9.15 Å². The first kappa shape index (κ1) is 16.7. The lowest BCUT2D eigenvalue weighted by molar-refractivity contribution is 0.00387. The summed E-state index contributed by atoms with van der Waals surface area (Å²) >= 11 is 0. The quantitative estimate of drug-likeness (QED) is 0.733. The number of ether oxygens (including phenoxy) is 1. The molecule has 0 amide bonds. The third-order valence-electron chi connectivity index (χ3n) is 3.39. The molecule has 0 saturated heterocycles. The molecule has 0 bridgehead atoms. The Labute approximate surface area is 132 Å². The van der Waals surface area contributed by atoms with Crippen molar-refractivity contribution in [1.29, 1.82) is 0 Å². The molecule has 2 rings (SSSR count). The Balaban J connectivity index is 1.74. The summed E-state index contributed by atoms with van der Waals surface area (Å²) < 4.78 is 10.7. The molecule has 0 aliphatic carbocycles. The number of rotatable bonds is 10. The molecule has 2 aromatic rings. The van der Waals surface area contributed by atoms with Gasteiger partial charge in [0, 0.05) is 13.1 Å². The van der Waals surface area contributed by atoms with Crippen molar-refractivity contribution in [2.45, 2.75) is 32.6 Å². The number of hydrogen-bond donors (Lipinski definition) is 1. The third kappa shape index (κ3) is 6.02. The summed E-state index contributed by atoms with van der Waals surface area (Å²) in [5, 5.41) is 10.2. The fraction of sp³-hybridized carbons (Fsp3) is 0.444. The standard InChI is InChI=1S/C18H25NO3/c1-2-10-19(12-16-7-4-3-5-8-16)13-17(20)14-21-15-18-9-6-11-22-18/h3-9,11,17,20H,2,10,12-15H2,1H3/t17-/m0/s1. The van der Waals surface area contributed by atoms with E-state index in [0.717, 1.165) is 25.3 Å². The van der Waals surface area contributed by atoms with E-state index < -0.39 is 6.10 Å². The Morgan fingerprint density at radius 1 is 1.18 bits per heavy atom. The Morgan fingerprint density at radius 3 is 2.68 bits per heavy atom. The van der Waals surface area contributed by atoms with Gasteiger partial charge < -0.3 is 14.3 Å². The second-order valence-corrected chi connectivity index (χ2v) is 5.47. The molecular formula is C18H25NO3. The van der Waals surface area contributed by atoms with Crippen LogP contribution in [-0.2, 0) is 17.9 Å². The minimum absolute atomic E-state index is 0.315. The molecule has 0 radical (unpaired) electrons. The third-order valence-corrected chi connectivity index (χ3v) is 3.39. The largest absolute Gasteiger partial charge is 0.467 e. The van der Waals surface area contributed by atoms with E-state index in [1.165, 1.54) is 5.56 Å². The molecule has 0 spiro atoms. The van der Waals surface area contributed by atoms with Gasteiger partial charge >= 0.3 is 0 Å². The molecule has 0 unspecified atom stereocenters. The first-order chi connectivity index (χ1) is 10.8. The predicted molar refractivity (Wildman–Crippen MR) is 86.4 cm³/mol. The van der Waals surface area contributed by atoms with Crippen LogP contribution in [0.5, 0.6) is 0 Å². The van der Waals surface area contributed by atoms with Gasteiger partial charge in [-0.2, -0.15) is 0 Å². The smallest absolute Gasteiger partial charge is 0.129 e. The number of aliphatic hydroxyl groups excluding tert-OH is 1. The topological polar surface area (TPSA) is 45.8 Å². The summed E-state index contributed by atoms with van der Waals surface area (Å²) in [5.74, 6) is 0.780. The van der Waals surface area contributed by atoms with Crippen molar-refractivity contribution in [3.8, 4) is 0 Å². The molecule has 1 aromatic heterocycles. The normalized spacial score (nSPS) is 12.7. The van der Waals surface area contributed by atoms with Gasteiger partial charge in [0.1, 0.15) is 12.4 Å². The zero-order chi connectivity index (χ0) is 15.6. The lowest BCUT2D eigenvalue weighted by atomic mass is 10.2. The van der Waals surface area contributed by atoms with E-state index in [1.807, 2.05) is 30.3 Å². The zero-order valence-electron chi connectivity index (χ0n) is 13.1. The van der Waals surface area contributed by atoms with Crippen LogP contribution in [-0.4, -0.2) is 35.8 Å². The predicted octanol–water partition coefficient (Wildman–Crippen LogP) is 3.07. The van der Waals surface area contributed by atoms with Gasteiger partial charge in [0.15, 0.2) is 0 Å². The highest BCUT2D eigenvalue weighted by molar-refractivity contribution is 5.14. The Morgan fingerprint density at radius 2 is 2.00 bits per heavy atom. The molecule has 0 fully saturated rings. The van der Waals surface area contributed by atoms with Crippen LogP contribution in [0.4, 0.5) is 0 Å². The maximum Gasteiger partial charge on any atom is 0.129 e. The minimum Gasteiger partial charge on any atom is -0.467 e. The van der Waals surface area contributed by atoms with E-state index in [2.05, 4.69) is 24.0 Å². The number of nitrogens with zero attached hydrogens (tertiary/aromatic N) is 1. The maximum atomic E-state index is 10.2. The van der Waals surface area contributed by atoms with Gasteiger partial charge in [-0.1, -0.05) is 37.3 Å². The second kappa shape index (κ2) is 9.41. The Hall–Kier alpha value is -1.62. The molecule has 1 aromatic carbocycles. The molecule has 1 N–H and O–H groups in total. The van der Waals surface area contributed by atoms with E-state index >= 15 is 0 Å². The van der Waals surface area contributed by atoms with Crippen LogP contribution in [0.25, 0.3) is 0 Å². The lowest BCUT2D eigenvalue weighted by Crippen LogP contribution is -2.35. The van der Waals surface area contributed by atoms with Crippen molar-refractivity contribution >= 4 is 0 Å². The van der Waals surface area contributed by atoms with Gasteiger partial charge in [0.2, 0.25) is 0 Å². The van der Waals surface area contributed by atoms with E-state index in [1.54, 1.807) is 6.26 Å². The van der Waals surface area contributed by atoms with E-state index in [9.17, 15) is 5.11 Å². The first-order valence-electron chi connectivity index (χ1n) is 7.82. The highest BCUT2D eigenvalue weighted by Gasteiger charge is 2.12. The van der Waals surface area contributed by atoms with Crippen molar-refractivity contribution in [3.05, 3.63) is 60.1 Å². The van der Waals surface area contributed by atoms with Gasteiger partial charge in [-0.3, -0.25) is 4.90 Å². The molecule has 22 heavy (non-hydrogen) atoms. The maximum absolute atomic E-state index is 10.2. The summed E-state index contributed by atoms with van der Waals surface area (Å²) in [5.41, 5.74) is 1.26. The minimum atomic E-state index is -0.495. The van der Waals surface area contributed by atoms with Crippen molar-refractivity contribution in [2.24, 2.45) is 0 Å². The van der Waals surface area contributed by atoms with Crippen LogP contribution < -0.4 is 0 Å². The van der Waals surface area contributed by atoms with Crippen LogP contribution in [0.15, 0.2) is 53.1 Å². The summed E-state index contributed by atoms with van der Waals surface area (Å²) in [7, 11) is 0. The average Bonchev–Trinajstić information content (AvgIpc) is 3.02. The van der Waals surface area contributed by atoms with E-state index in [0.29, 0.717) is 19.8 Å². The molecule has 4 heteroatoms. The highest BCUT2D eigenvalue weighted by Crippen LogP contribution is 2.07. The van der Waals surface area contributed by atoms with Crippen molar-refractivity contribution in [3.63, 3.8) is 0 Å². The molecule has 0 aliphatic heterocycles.